The molecule has 0 radical (unpaired) electrons. The molecule has 1 aliphatic heterocycles. The van der Waals surface area contributed by atoms with Gasteiger partial charge in [0.05, 0.1) is 12.3 Å². The summed E-state index contributed by atoms with van der Waals surface area (Å²) in [4.78, 5) is 8.21. The molecule has 4 heteroatoms. The largest absolute Gasteiger partial charge is 0.496 e. The molecule has 0 spiro atoms. The number of hydrogen-bond donors (Lipinski definition) is 1. The van der Waals surface area contributed by atoms with E-state index < -0.39 is 0 Å². The van der Waals surface area contributed by atoms with Crippen molar-refractivity contribution in [1.29, 1.82) is 0 Å². The lowest BCUT2D eigenvalue weighted by Crippen LogP contribution is -2.26. The maximum atomic E-state index is 5.69. The second kappa shape index (κ2) is 5.61. The van der Waals surface area contributed by atoms with Gasteiger partial charge in [-0.05, 0) is 31.5 Å². The number of nitrogens with one attached hydrogen (secondary N) is 1. The van der Waals surface area contributed by atoms with Gasteiger partial charge < -0.3 is 10.1 Å². The molecule has 0 saturated heterocycles. The van der Waals surface area contributed by atoms with Crippen LogP contribution in [0.4, 0.5) is 0 Å². The van der Waals surface area contributed by atoms with Crippen LogP contribution in [0.25, 0.3) is 0 Å². The molecule has 2 heterocycles. The van der Waals surface area contributed by atoms with Gasteiger partial charge in [0.15, 0.2) is 0 Å². The molecule has 0 bridgehead atoms. The van der Waals surface area contributed by atoms with Crippen molar-refractivity contribution in [3.63, 3.8) is 0 Å². The first-order chi connectivity index (χ1) is 7.92. The van der Waals surface area contributed by atoms with Crippen LogP contribution < -0.4 is 5.32 Å². The molecule has 16 heavy (non-hydrogen) atoms. The third kappa shape index (κ3) is 2.58. The van der Waals surface area contributed by atoms with Crippen molar-refractivity contribution in [2.24, 2.45) is 0 Å². The van der Waals surface area contributed by atoms with Gasteiger partial charge in [-0.3, -0.25) is 0 Å². The lowest BCUT2D eigenvalue weighted by molar-refractivity contribution is 0.167. The van der Waals surface area contributed by atoms with E-state index in [1.165, 1.54) is 0 Å². The molecule has 1 aromatic rings. The Morgan fingerprint density at radius 2 is 2.50 bits per heavy atom. The zero-order valence-corrected chi connectivity index (χ0v) is 9.52. The Kier molecular flexibility index (Phi) is 3.88. The average molecular weight is 219 g/mol. The molecule has 1 N–H and O–H groups in total. The summed E-state index contributed by atoms with van der Waals surface area (Å²) in [5.41, 5.74) is 0.963. The summed E-state index contributed by atoms with van der Waals surface area (Å²) >= 11 is 0. The van der Waals surface area contributed by atoms with E-state index in [4.69, 9.17) is 4.74 Å². The minimum absolute atomic E-state index is 0.0632. The summed E-state index contributed by atoms with van der Waals surface area (Å²) in [7, 11) is 0. The van der Waals surface area contributed by atoms with E-state index in [1.54, 1.807) is 12.5 Å². The fraction of sp³-hybridized carbons (Fsp3) is 0.500. The second-order valence-electron chi connectivity index (χ2n) is 3.72. The van der Waals surface area contributed by atoms with Gasteiger partial charge in [0.1, 0.15) is 18.1 Å². The predicted molar refractivity (Wildman–Crippen MR) is 61.7 cm³/mol. The Hall–Kier alpha value is -1.42. The Morgan fingerprint density at radius 1 is 1.56 bits per heavy atom. The highest BCUT2D eigenvalue weighted by Gasteiger charge is 2.19. The molecule has 0 saturated carbocycles. The van der Waals surface area contributed by atoms with Crippen LogP contribution in [0.15, 0.2) is 30.4 Å². The molecule has 1 unspecified atom stereocenters. The summed E-state index contributed by atoms with van der Waals surface area (Å²) < 4.78 is 5.69. The Bertz CT molecular complexity index is 351. The number of likely N-dealkylation sites (N-methyl/N-ethyl adjacent to an activating group) is 1. The number of aromatic nitrogens is 2. The van der Waals surface area contributed by atoms with Gasteiger partial charge in [-0.1, -0.05) is 6.92 Å². The van der Waals surface area contributed by atoms with E-state index in [9.17, 15) is 0 Å². The van der Waals surface area contributed by atoms with Crippen LogP contribution in [-0.2, 0) is 4.74 Å². The van der Waals surface area contributed by atoms with Crippen molar-refractivity contribution < 1.29 is 4.74 Å². The molecule has 2 rings (SSSR count). The maximum absolute atomic E-state index is 5.69. The molecule has 1 atom stereocenters. The van der Waals surface area contributed by atoms with E-state index in [0.717, 1.165) is 37.4 Å². The zero-order valence-electron chi connectivity index (χ0n) is 9.52. The third-order valence-corrected chi connectivity index (χ3v) is 2.56. The van der Waals surface area contributed by atoms with E-state index in [-0.39, 0.29) is 6.04 Å². The minimum Gasteiger partial charge on any atom is -0.496 e. The summed E-state index contributed by atoms with van der Waals surface area (Å²) in [6.45, 7) is 3.77. The number of allylic oxidation sites excluding steroid dienone is 1. The van der Waals surface area contributed by atoms with Gasteiger partial charge in [-0.25, -0.2) is 9.97 Å². The highest BCUT2D eigenvalue weighted by molar-refractivity contribution is 5.18. The molecule has 0 fully saturated rings. The monoisotopic (exact) mass is 219 g/mol. The summed E-state index contributed by atoms with van der Waals surface area (Å²) in [6, 6.07) is 1.99. The highest BCUT2D eigenvalue weighted by Crippen LogP contribution is 2.24. The normalized spacial score (nSPS) is 17.4. The molecule has 0 amide bonds. The van der Waals surface area contributed by atoms with Crippen LogP contribution in [0.2, 0.25) is 0 Å². The van der Waals surface area contributed by atoms with Crippen LogP contribution in [-0.4, -0.2) is 23.1 Å². The fourth-order valence-corrected chi connectivity index (χ4v) is 1.80. The topological polar surface area (TPSA) is 47.0 Å². The first kappa shape index (κ1) is 11.1. The van der Waals surface area contributed by atoms with E-state index in [0.29, 0.717) is 0 Å². The van der Waals surface area contributed by atoms with Gasteiger partial charge in [0.2, 0.25) is 0 Å². The zero-order chi connectivity index (χ0) is 11.2. The van der Waals surface area contributed by atoms with Crippen LogP contribution in [0.1, 0.15) is 31.5 Å². The third-order valence-electron chi connectivity index (χ3n) is 2.56. The number of nitrogens with zero attached hydrogens (tertiary/aromatic N) is 2. The molecule has 86 valence electrons. The maximum Gasteiger partial charge on any atom is 0.115 e. The SMILES string of the molecule is CCNC(C1=CCCCO1)c1ccncn1. The highest BCUT2D eigenvalue weighted by atomic mass is 16.5. The van der Waals surface area contributed by atoms with Crippen LogP contribution >= 0.6 is 0 Å². The first-order valence-electron chi connectivity index (χ1n) is 5.74. The van der Waals surface area contributed by atoms with E-state index in [1.807, 2.05) is 6.07 Å². The second-order valence-corrected chi connectivity index (χ2v) is 3.72. The van der Waals surface area contributed by atoms with E-state index >= 15 is 0 Å². The van der Waals surface area contributed by atoms with Crippen molar-refractivity contribution in [2.45, 2.75) is 25.8 Å². The standard InChI is InChI=1S/C12H17N3O/c1-2-14-12(10-6-7-13-9-15-10)11-5-3-4-8-16-11/h5-7,9,12,14H,2-4,8H2,1H3. The van der Waals surface area contributed by atoms with Crippen LogP contribution in [0.3, 0.4) is 0 Å². The lowest BCUT2D eigenvalue weighted by Gasteiger charge is -2.23. The predicted octanol–water partition coefficient (Wildman–Crippen LogP) is 1.82. The Balaban J connectivity index is 2.19. The summed E-state index contributed by atoms with van der Waals surface area (Å²) in [5, 5.41) is 3.39. The molecule has 1 aliphatic rings. The van der Waals surface area contributed by atoms with Gasteiger partial charge in [0, 0.05) is 6.20 Å². The molecular formula is C12H17N3O. The molecule has 4 nitrogen and oxygen atoms in total. The van der Waals surface area contributed by atoms with Crippen molar-refractivity contribution in [1.82, 2.24) is 15.3 Å². The van der Waals surface area contributed by atoms with Crippen LogP contribution in [0.5, 0.6) is 0 Å². The smallest absolute Gasteiger partial charge is 0.115 e. The Morgan fingerprint density at radius 3 is 3.12 bits per heavy atom. The number of ether oxygens (including phenoxy) is 1. The minimum atomic E-state index is 0.0632. The van der Waals surface area contributed by atoms with E-state index in [2.05, 4.69) is 28.3 Å². The van der Waals surface area contributed by atoms with Gasteiger partial charge in [-0.2, -0.15) is 0 Å². The number of rotatable bonds is 4. The molecule has 1 aromatic heterocycles. The van der Waals surface area contributed by atoms with Gasteiger partial charge >= 0.3 is 0 Å². The number of hydrogen-bond acceptors (Lipinski definition) is 4. The quantitative estimate of drug-likeness (QED) is 0.839. The molecular weight excluding hydrogens is 202 g/mol. The Labute approximate surface area is 95.8 Å². The summed E-state index contributed by atoms with van der Waals surface area (Å²) in [6.07, 6.45) is 7.67. The van der Waals surface area contributed by atoms with Gasteiger partial charge in [0.25, 0.3) is 0 Å². The van der Waals surface area contributed by atoms with Gasteiger partial charge in [-0.15, -0.1) is 0 Å². The average Bonchev–Trinajstić information content (AvgIpc) is 2.38. The van der Waals surface area contributed by atoms with Crippen molar-refractivity contribution in [2.75, 3.05) is 13.2 Å². The van der Waals surface area contributed by atoms with Crippen molar-refractivity contribution >= 4 is 0 Å². The van der Waals surface area contributed by atoms with Crippen molar-refractivity contribution in [3.8, 4) is 0 Å². The lowest BCUT2D eigenvalue weighted by atomic mass is 10.1. The van der Waals surface area contributed by atoms with Crippen LogP contribution in [0, 0.1) is 0 Å². The summed E-state index contributed by atoms with van der Waals surface area (Å²) in [5.74, 6) is 0.992. The fourth-order valence-electron chi connectivity index (χ4n) is 1.80. The molecule has 0 aromatic carbocycles. The van der Waals surface area contributed by atoms with Crippen molar-refractivity contribution in [3.05, 3.63) is 36.1 Å². The first-order valence-corrected chi connectivity index (χ1v) is 5.74. The molecule has 0 aliphatic carbocycles.